The van der Waals surface area contributed by atoms with Gasteiger partial charge in [-0.3, -0.25) is 9.59 Å². The molecule has 27 heavy (non-hydrogen) atoms. The standard InChI is InChI=1S/C20H24FN3O2.ClH/c1-3-24(19(26)20(2,22)16-7-5-4-6-8-16)14-18(25)23-13-15-9-11-17(21)12-10-15;/h4-12H,3,13-14,22H2,1-2H3,(H,23,25);1H. The first-order valence-electron chi connectivity index (χ1n) is 8.49. The predicted molar refractivity (Wildman–Crippen MR) is 106 cm³/mol. The first-order valence-corrected chi connectivity index (χ1v) is 8.49. The molecule has 0 saturated heterocycles. The number of hydrogen-bond donors (Lipinski definition) is 2. The second kappa shape index (κ2) is 10.0. The monoisotopic (exact) mass is 393 g/mol. The van der Waals surface area contributed by atoms with Crippen LogP contribution in [0.25, 0.3) is 0 Å². The second-order valence-electron chi connectivity index (χ2n) is 6.29. The number of carbonyl (C=O) groups is 2. The van der Waals surface area contributed by atoms with E-state index in [0.29, 0.717) is 12.1 Å². The molecule has 2 rings (SSSR count). The summed E-state index contributed by atoms with van der Waals surface area (Å²) in [7, 11) is 0. The van der Waals surface area contributed by atoms with Gasteiger partial charge in [-0.25, -0.2) is 4.39 Å². The Labute approximate surface area is 165 Å². The molecule has 0 radical (unpaired) electrons. The largest absolute Gasteiger partial charge is 0.350 e. The van der Waals surface area contributed by atoms with Crippen LogP contribution in [-0.4, -0.2) is 29.8 Å². The Morgan fingerprint density at radius 1 is 1.11 bits per heavy atom. The van der Waals surface area contributed by atoms with Crippen LogP contribution in [0.3, 0.4) is 0 Å². The molecule has 0 fully saturated rings. The fourth-order valence-electron chi connectivity index (χ4n) is 2.60. The maximum atomic E-state index is 12.9. The number of rotatable bonds is 7. The molecule has 0 aliphatic carbocycles. The molecule has 0 saturated carbocycles. The van der Waals surface area contributed by atoms with Crippen LogP contribution in [0.5, 0.6) is 0 Å². The molecule has 7 heteroatoms. The van der Waals surface area contributed by atoms with Gasteiger partial charge in [-0.2, -0.15) is 0 Å². The molecule has 5 nitrogen and oxygen atoms in total. The average Bonchev–Trinajstić information content (AvgIpc) is 2.65. The second-order valence-corrected chi connectivity index (χ2v) is 6.29. The molecule has 0 bridgehead atoms. The number of carbonyl (C=O) groups excluding carboxylic acids is 2. The van der Waals surface area contributed by atoms with Crippen LogP contribution >= 0.6 is 12.4 Å². The van der Waals surface area contributed by atoms with Gasteiger partial charge in [-0.15, -0.1) is 12.4 Å². The van der Waals surface area contributed by atoms with Gasteiger partial charge in [0.2, 0.25) is 11.8 Å². The highest BCUT2D eigenvalue weighted by molar-refractivity contribution is 5.90. The van der Waals surface area contributed by atoms with Crippen LogP contribution in [0.2, 0.25) is 0 Å². The SMILES string of the molecule is CCN(CC(=O)NCc1ccc(F)cc1)C(=O)C(C)(N)c1ccccc1.Cl. The fraction of sp³-hybridized carbons (Fsp3) is 0.300. The quantitative estimate of drug-likeness (QED) is 0.759. The van der Waals surface area contributed by atoms with Crippen LogP contribution < -0.4 is 11.1 Å². The minimum Gasteiger partial charge on any atom is -0.350 e. The lowest BCUT2D eigenvalue weighted by Gasteiger charge is -2.31. The maximum Gasteiger partial charge on any atom is 0.247 e. The summed E-state index contributed by atoms with van der Waals surface area (Å²) in [5.74, 6) is -0.942. The van der Waals surface area contributed by atoms with E-state index in [2.05, 4.69) is 5.32 Å². The van der Waals surface area contributed by atoms with E-state index in [1.54, 1.807) is 38.1 Å². The van der Waals surface area contributed by atoms with Crippen molar-refractivity contribution in [1.29, 1.82) is 0 Å². The first kappa shape index (κ1) is 22.6. The zero-order valence-electron chi connectivity index (χ0n) is 15.4. The Kier molecular flexibility index (Phi) is 8.40. The van der Waals surface area contributed by atoms with Crippen LogP contribution in [0.1, 0.15) is 25.0 Å². The number of likely N-dealkylation sites (N-methyl/N-ethyl adjacent to an activating group) is 1. The number of nitrogens with zero attached hydrogens (tertiary/aromatic N) is 1. The molecule has 1 atom stereocenters. The molecule has 0 aliphatic heterocycles. The smallest absolute Gasteiger partial charge is 0.247 e. The van der Waals surface area contributed by atoms with Gasteiger partial charge in [0, 0.05) is 13.1 Å². The minimum atomic E-state index is -1.21. The van der Waals surface area contributed by atoms with Crippen LogP contribution in [0, 0.1) is 5.82 Å². The molecule has 0 spiro atoms. The molecule has 2 aromatic rings. The van der Waals surface area contributed by atoms with Crippen molar-refractivity contribution in [2.45, 2.75) is 25.9 Å². The van der Waals surface area contributed by atoms with Crippen molar-refractivity contribution in [3.63, 3.8) is 0 Å². The summed E-state index contributed by atoms with van der Waals surface area (Å²) in [5.41, 5.74) is 6.51. The first-order chi connectivity index (χ1) is 12.3. The third-order valence-electron chi connectivity index (χ3n) is 4.22. The minimum absolute atomic E-state index is 0. The topological polar surface area (TPSA) is 75.4 Å². The summed E-state index contributed by atoms with van der Waals surface area (Å²) < 4.78 is 12.9. The Balaban J connectivity index is 0.00000364. The maximum absolute atomic E-state index is 12.9. The third-order valence-corrected chi connectivity index (χ3v) is 4.22. The van der Waals surface area contributed by atoms with E-state index in [0.717, 1.165) is 5.56 Å². The Morgan fingerprint density at radius 2 is 1.70 bits per heavy atom. The zero-order valence-corrected chi connectivity index (χ0v) is 16.3. The highest BCUT2D eigenvalue weighted by Crippen LogP contribution is 2.20. The predicted octanol–water partition coefficient (Wildman–Crippen LogP) is 2.59. The molecule has 146 valence electrons. The summed E-state index contributed by atoms with van der Waals surface area (Å²) in [6.07, 6.45) is 0. The highest BCUT2D eigenvalue weighted by atomic mass is 35.5. The van der Waals surface area contributed by atoms with Gasteiger partial charge in [-0.1, -0.05) is 42.5 Å². The van der Waals surface area contributed by atoms with Crippen molar-refractivity contribution in [2.24, 2.45) is 5.73 Å². The number of benzene rings is 2. The van der Waals surface area contributed by atoms with Gasteiger partial charge in [0.15, 0.2) is 0 Å². The van der Waals surface area contributed by atoms with Crippen molar-refractivity contribution < 1.29 is 14.0 Å². The van der Waals surface area contributed by atoms with Crippen molar-refractivity contribution in [3.8, 4) is 0 Å². The van der Waals surface area contributed by atoms with E-state index >= 15 is 0 Å². The normalized spacial score (nSPS) is 12.4. The summed E-state index contributed by atoms with van der Waals surface area (Å²) in [6, 6.07) is 15.0. The third kappa shape index (κ3) is 6.05. The molecular formula is C20H25ClFN3O2. The van der Waals surface area contributed by atoms with Gasteiger partial charge >= 0.3 is 0 Å². The van der Waals surface area contributed by atoms with Gasteiger partial charge in [0.1, 0.15) is 11.4 Å². The molecule has 2 amide bonds. The van der Waals surface area contributed by atoms with Crippen molar-refractivity contribution in [2.75, 3.05) is 13.1 Å². The molecule has 2 aromatic carbocycles. The van der Waals surface area contributed by atoms with Crippen molar-refractivity contribution in [1.82, 2.24) is 10.2 Å². The molecule has 1 unspecified atom stereocenters. The number of nitrogens with one attached hydrogen (secondary N) is 1. The zero-order chi connectivity index (χ0) is 19.2. The molecule has 0 aliphatic rings. The number of hydrogen-bond acceptors (Lipinski definition) is 3. The lowest BCUT2D eigenvalue weighted by molar-refractivity contribution is -0.140. The molecule has 0 aromatic heterocycles. The Bertz CT molecular complexity index is 752. The van der Waals surface area contributed by atoms with Crippen molar-refractivity contribution >= 4 is 24.2 Å². The van der Waals surface area contributed by atoms with E-state index in [9.17, 15) is 14.0 Å². The summed E-state index contributed by atoms with van der Waals surface area (Å²) in [5, 5.41) is 2.73. The summed E-state index contributed by atoms with van der Waals surface area (Å²) in [4.78, 5) is 26.4. The van der Waals surface area contributed by atoms with Crippen molar-refractivity contribution in [3.05, 3.63) is 71.5 Å². The van der Waals surface area contributed by atoms with Crippen LogP contribution in [-0.2, 0) is 21.7 Å². The van der Waals surface area contributed by atoms with E-state index in [1.807, 2.05) is 18.2 Å². The number of nitrogens with two attached hydrogens (primary N) is 1. The highest BCUT2D eigenvalue weighted by Gasteiger charge is 2.34. The number of amides is 2. The summed E-state index contributed by atoms with van der Waals surface area (Å²) >= 11 is 0. The van der Waals surface area contributed by atoms with Gasteiger partial charge < -0.3 is 16.0 Å². The Hall–Kier alpha value is -2.44. The molecular weight excluding hydrogens is 369 g/mol. The lowest BCUT2D eigenvalue weighted by Crippen LogP contribution is -2.53. The van der Waals surface area contributed by atoms with E-state index in [1.165, 1.54) is 17.0 Å². The Morgan fingerprint density at radius 3 is 2.26 bits per heavy atom. The fourth-order valence-corrected chi connectivity index (χ4v) is 2.60. The van der Waals surface area contributed by atoms with Crippen LogP contribution in [0.15, 0.2) is 54.6 Å². The van der Waals surface area contributed by atoms with E-state index < -0.39 is 5.54 Å². The van der Waals surface area contributed by atoms with Gasteiger partial charge in [0.05, 0.1) is 6.54 Å². The van der Waals surface area contributed by atoms with Crippen LogP contribution in [0.4, 0.5) is 4.39 Å². The summed E-state index contributed by atoms with van der Waals surface area (Å²) in [6.45, 7) is 3.98. The average molecular weight is 394 g/mol. The number of halogens is 2. The lowest BCUT2D eigenvalue weighted by atomic mass is 9.91. The van der Waals surface area contributed by atoms with E-state index in [-0.39, 0.29) is 43.1 Å². The van der Waals surface area contributed by atoms with Gasteiger partial charge in [-0.05, 0) is 37.1 Å². The van der Waals surface area contributed by atoms with E-state index in [4.69, 9.17) is 5.73 Å². The molecule has 3 N–H and O–H groups in total. The molecule has 0 heterocycles. The van der Waals surface area contributed by atoms with Gasteiger partial charge in [0.25, 0.3) is 0 Å².